The number of methoxy groups -OCH3 is 2. The molecule has 36 heavy (non-hydrogen) atoms. The molecule has 0 bridgehead atoms. The van der Waals surface area contributed by atoms with E-state index in [-0.39, 0.29) is 5.91 Å². The maximum atomic E-state index is 13.4. The van der Waals surface area contributed by atoms with Gasteiger partial charge in [-0.15, -0.1) is 10.2 Å². The fourth-order valence-electron chi connectivity index (χ4n) is 4.64. The first-order valence-electron chi connectivity index (χ1n) is 12.0. The minimum atomic E-state index is -0.115. The topological polar surface area (TPSA) is 85.1 Å². The summed E-state index contributed by atoms with van der Waals surface area (Å²) in [6.07, 6.45) is 0. The van der Waals surface area contributed by atoms with Crippen molar-refractivity contribution in [3.05, 3.63) is 77.2 Å². The molecular weight excluding hydrogens is 456 g/mol. The van der Waals surface area contributed by atoms with Gasteiger partial charge in [-0.2, -0.15) is 5.10 Å². The second-order valence-electron chi connectivity index (χ2n) is 8.91. The fourth-order valence-corrected chi connectivity index (χ4v) is 4.64. The minimum Gasteiger partial charge on any atom is -0.497 e. The van der Waals surface area contributed by atoms with Gasteiger partial charge in [0.2, 0.25) is 0 Å². The van der Waals surface area contributed by atoms with Crippen molar-refractivity contribution in [1.29, 1.82) is 0 Å². The van der Waals surface area contributed by atoms with Crippen molar-refractivity contribution in [3.8, 4) is 16.9 Å². The van der Waals surface area contributed by atoms with Crippen molar-refractivity contribution in [2.45, 2.75) is 20.1 Å². The molecule has 0 spiro atoms. The lowest BCUT2D eigenvalue weighted by Gasteiger charge is -2.34. The fraction of sp³-hybridized carbons (Fsp3) is 0.333. The van der Waals surface area contributed by atoms with Crippen LogP contribution in [0.2, 0.25) is 0 Å². The molecular formula is C27H30N6O3. The molecule has 2 aromatic heterocycles. The Kier molecular flexibility index (Phi) is 6.92. The van der Waals surface area contributed by atoms with Crippen LogP contribution in [0, 0.1) is 6.92 Å². The molecule has 0 aliphatic carbocycles. The number of fused-ring (bicyclic) bond motifs is 1. The van der Waals surface area contributed by atoms with Gasteiger partial charge in [-0.25, -0.2) is 4.52 Å². The number of aromatic nitrogens is 4. The van der Waals surface area contributed by atoms with Crippen LogP contribution < -0.4 is 4.74 Å². The number of carbonyl (C=O) groups is 1. The highest BCUT2D eigenvalue weighted by Crippen LogP contribution is 2.30. The molecule has 3 heterocycles. The lowest BCUT2D eigenvalue weighted by molar-refractivity contribution is 0.0620. The summed E-state index contributed by atoms with van der Waals surface area (Å²) >= 11 is 0. The number of aryl methyl sites for hydroxylation is 1. The lowest BCUT2D eigenvalue weighted by atomic mass is 10.1. The van der Waals surface area contributed by atoms with Crippen LogP contribution in [-0.4, -0.2) is 75.9 Å². The molecule has 5 rings (SSSR count). The molecule has 1 saturated heterocycles. The van der Waals surface area contributed by atoms with E-state index in [0.29, 0.717) is 36.7 Å². The SMILES string of the molecule is COCc1nn2c(C)c(C(=O)N3CCN(Cc4ccccc4)CC3)nnc2c1-c1ccc(OC)cc1. The van der Waals surface area contributed by atoms with Gasteiger partial charge >= 0.3 is 0 Å². The van der Waals surface area contributed by atoms with Gasteiger partial charge in [0.15, 0.2) is 11.3 Å². The maximum absolute atomic E-state index is 13.4. The number of rotatable bonds is 7. The van der Waals surface area contributed by atoms with Gasteiger partial charge in [0.1, 0.15) is 5.75 Å². The Bertz CT molecular complexity index is 1350. The molecule has 2 aromatic carbocycles. The third kappa shape index (κ3) is 4.67. The lowest BCUT2D eigenvalue weighted by Crippen LogP contribution is -2.48. The van der Waals surface area contributed by atoms with E-state index in [0.717, 1.165) is 42.2 Å². The molecule has 1 fully saturated rings. The highest BCUT2D eigenvalue weighted by atomic mass is 16.5. The number of nitrogens with zero attached hydrogens (tertiary/aromatic N) is 6. The maximum Gasteiger partial charge on any atom is 0.276 e. The molecule has 0 unspecified atom stereocenters. The number of benzene rings is 2. The molecule has 0 saturated carbocycles. The molecule has 0 radical (unpaired) electrons. The molecule has 186 valence electrons. The first-order valence-corrected chi connectivity index (χ1v) is 12.0. The van der Waals surface area contributed by atoms with Gasteiger partial charge in [-0.05, 0) is 30.2 Å². The van der Waals surface area contributed by atoms with E-state index in [4.69, 9.17) is 14.6 Å². The van der Waals surface area contributed by atoms with E-state index in [2.05, 4.69) is 39.4 Å². The highest BCUT2D eigenvalue weighted by Gasteiger charge is 2.27. The van der Waals surface area contributed by atoms with E-state index in [1.807, 2.05) is 42.2 Å². The summed E-state index contributed by atoms with van der Waals surface area (Å²) in [7, 11) is 3.27. The Morgan fingerprint density at radius 2 is 1.67 bits per heavy atom. The zero-order chi connectivity index (χ0) is 25.1. The smallest absolute Gasteiger partial charge is 0.276 e. The van der Waals surface area contributed by atoms with Crippen molar-refractivity contribution >= 4 is 11.6 Å². The predicted molar refractivity (Wildman–Crippen MR) is 136 cm³/mol. The van der Waals surface area contributed by atoms with Crippen molar-refractivity contribution in [1.82, 2.24) is 29.6 Å². The number of hydrogen-bond acceptors (Lipinski definition) is 7. The molecule has 0 N–H and O–H groups in total. The van der Waals surface area contributed by atoms with Crippen molar-refractivity contribution < 1.29 is 14.3 Å². The monoisotopic (exact) mass is 486 g/mol. The number of piperazine rings is 1. The third-order valence-corrected chi connectivity index (χ3v) is 6.61. The van der Waals surface area contributed by atoms with Crippen molar-refractivity contribution in [2.24, 2.45) is 0 Å². The Morgan fingerprint density at radius 3 is 2.33 bits per heavy atom. The van der Waals surface area contributed by atoms with E-state index in [9.17, 15) is 4.79 Å². The minimum absolute atomic E-state index is 0.115. The van der Waals surface area contributed by atoms with Gasteiger partial charge < -0.3 is 14.4 Å². The van der Waals surface area contributed by atoms with E-state index >= 15 is 0 Å². The zero-order valence-corrected chi connectivity index (χ0v) is 20.8. The van der Waals surface area contributed by atoms with Crippen LogP contribution >= 0.6 is 0 Å². The first-order chi connectivity index (χ1) is 17.6. The van der Waals surface area contributed by atoms with Crippen molar-refractivity contribution in [2.75, 3.05) is 40.4 Å². The average molecular weight is 487 g/mol. The summed E-state index contributed by atoms with van der Waals surface area (Å²) in [5.74, 6) is 0.651. The van der Waals surface area contributed by atoms with Gasteiger partial charge in [0.05, 0.1) is 30.7 Å². The van der Waals surface area contributed by atoms with Crippen LogP contribution in [0.3, 0.4) is 0 Å². The predicted octanol–water partition coefficient (Wildman–Crippen LogP) is 3.21. The van der Waals surface area contributed by atoms with Gasteiger partial charge in [0, 0.05) is 39.8 Å². The van der Waals surface area contributed by atoms with Crippen LogP contribution in [0.1, 0.15) is 27.4 Å². The Balaban J connectivity index is 1.38. The molecule has 4 aromatic rings. The quantitative estimate of drug-likeness (QED) is 0.397. The largest absolute Gasteiger partial charge is 0.497 e. The van der Waals surface area contributed by atoms with E-state index in [1.165, 1.54) is 5.56 Å². The first kappa shape index (κ1) is 23.9. The number of carbonyl (C=O) groups excluding carboxylic acids is 1. The normalized spacial score (nSPS) is 14.4. The molecule has 9 heteroatoms. The molecule has 9 nitrogen and oxygen atoms in total. The summed E-state index contributed by atoms with van der Waals surface area (Å²) < 4.78 is 12.4. The average Bonchev–Trinajstić information content (AvgIpc) is 3.29. The van der Waals surface area contributed by atoms with Crippen molar-refractivity contribution in [3.63, 3.8) is 0 Å². The van der Waals surface area contributed by atoms with Crippen LogP contribution in [0.15, 0.2) is 54.6 Å². The third-order valence-electron chi connectivity index (χ3n) is 6.61. The van der Waals surface area contributed by atoms with Gasteiger partial charge in [-0.3, -0.25) is 9.69 Å². The van der Waals surface area contributed by atoms with Gasteiger partial charge in [0.25, 0.3) is 5.91 Å². The Morgan fingerprint density at radius 1 is 0.944 bits per heavy atom. The van der Waals surface area contributed by atoms with E-state index < -0.39 is 0 Å². The zero-order valence-electron chi connectivity index (χ0n) is 20.8. The molecule has 1 aliphatic rings. The van der Waals surface area contributed by atoms with Crippen LogP contribution in [0.4, 0.5) is 0 Å². The van der Waals surface area contributed by atoms with Gasteiger partial charge in [-0.1, -0.05) is 42.5 Å². The summed E-state index contributed by atoms with van der Waals surface area (Å²) in [5.41, 5.74) is 5.36. The number of ether oxygens (including phenoxy) is 2. The summed E-state index contributed by atoms with van der Waals surface area (Å²) in [6.45, 7) is 6.00. The summed E-state index contributed by atoms with van der Waals surface area (Å²) in [6, 6.07) is 18.1. The Hall–Kier alpha value is -3.82. The van der Waals surface area contributed by atoms with Crippen LogP contribution in [-0.2, 0) is 17.9 Å². The standard InChI is InChI=1S/C27H30N6O3/c1-19-25(27(34)32-15-13-31(14-16-32)17-20-7-5-4-6-8-20)28-29-26-24(23(18-35-2)30-33(19)26)21-9-11-22(36-3)12-10-21/h4-12H,13-18H2,1-3H3. The second-order valence-corrected chi connectivity index (χ2v) is 8.91. The van der Waals surface area contributed by atoms with Crippen LogP contribution in [0.25, 0.3) is 16.8 Å². The van der Waals surface area contributed by atoms with Crippen LogP contribution in [0.5, 0.6) is 5.75 Å². The highest BCUT2D eigenvalue weighted by molar-refractivity contribution is 5.94. The second kappa shape index (κ2) is 10.4. The number of amides is 1. The number of hydrogen-bond donors (Lipinski definition) is 0. The summed E-state index contributed by atoms with van der Waals surface area (Å²) in [5, 5.41) is 13.6. The molecule has 0 atom stereocenters. The van der Waals surface area contributed by atoms with E-state index in [1.54, 1.807) is 18.7 Å². The Labute approximate surface area is 210 Å². The molecule has 1 aliphatic heterocycles. The summed E-state index contributed by atoms with van der Waals surface area (Å²) in [4.78, 5) is 17.6. The molecule has 1 amide bonds.